The van der Waals surface area contributed by atoms with Gasteiger partial charge in [0.05, 0.1) is 29.5 Å². The number of hydrogen-bond acceptors (Lipinski definition) is 7. The Morgan fingerprint density at radius 3 is 2.57 bits per heavy atom. The van der Waals surface area contributed by atoms with E-state index < -0.39 is 0 Å². The van der Waals surface area contributed by atoms with Gasteiger partial charge in [0.15, 0.2) is 0 Å². The first-order valence-corrected chi connectivity index (χ1v) is 10.1. The Morgan fingerprint density at radius 2 is 1.77 bits per heavy atom. The summed E-state index contributed by atoms with van der Waals surface area (Å²) in [7, 11) is 2.15. The van der Waals surface area contributed by atoms with E-state index in [0.29, 0.717) is 5.95 Å². The van der Waals surface area contributed by atoms with Crippen LogP contribution in [-0.2, 0) is 0 Å². The van der Waals surface area contributed by atoms with Gasteiger partial charge >= 0.3 is 0 Å². The van der Waals surface area contributed by atoms with Gasteiger partial charge in [0.25, 0.3) is 0 Å². The first kappa shape index (κ1) is 18.5. The lowest BCUT2D eigenvalue weighted by atomic mass is 10.2. The minimum Gasteiger partial charge on any atom is -0.354 e. The largest absolute Gasteiger partial charge is 0.354 e. The molecular formula is C22H24N8. The average Bonchev–Trinajstić information content (AvgIpc) is 3.20. The highest BCUT2D eigenvalue weighted by Crippen LogP contribution is 2.24. The summed E-state index contributed by atoms with van der Waals surface area (Å²) < 4.78 is 2.03. The van der Waals surface area contributed by atoms with Gasteiger partial charge in [-0.3, -0.25) is 4.40 Å². The van der Waals surface area contributed by atoms with E-state index in [2.05, 4.69) is 37.1 Å². The molecule has 1 saturated heterocycles. The maximum atomic E-state index is 4.75. The Balaban J connectivity index is 1.37. The fourth-order valence-electron chi connectivity index (χ4n) is 3.68. The number of likely N-dealkylation sites (N-methyl/N-ethyl adjacent to an activating group) is 1. The Bertz CT molecular complexity index is 1160. The molecule has 1 aliphatic heterocycles. The highest BCUT2D eigenvalue weighted by Gasteiger charge is 2.15. The number of imidazole rings is 1. The number of aryl methyl sites for hydroxylation is 1. The molecule has 0 radical (unpaired) electrons. The van der Waals surface area contributed by atoms with Gasteiger partial charge in [-0.25, -0.2) is 19.9 Å². The second-order valence-corrected chi connectivity index (χ2v) is 7.62. The first-order valence-electron chi connectivity index (χ1n) is 10.1. The maximum Gasteiger partial charge on any atom is 0.227 e. The molecule has 152 valence electrons. The first-order chi connectivity index (χ1) is 14.7. The molecule has 1 N–H and O–H groups in total. The SMILES string of the molecule is Cc1cnc(Nc2ccc(N3CCN(C)CC3)nc2)nc1-c1cnc2ccccn12. The van der Waals surface area contributed by atoms with Gasteiger partial charge in [-0.15, -0.1) is 0 Å². The number of nitrogens with one attached hydrogen (secondary N) is 1. The molecule has 4 aromatic heterocycles. The number of rotatable bonds is 4. The number of aromatic nitrogens is 5. The molecule has 0 amide bonds. The van der Waals surface area contributed by atoms with E-state index in [9.17, 15) is 0 Å². The number of piperazine rings is 1. The summed E-state index contributed by atoms with van der Waals surface area (Å²) in [5.41, 5.74) is 4.55. The summed E-state index contributed by atoms with van der Waals surface area (Å²) in [4.78, 5) is 23.0. The third kappa shape index (κ3) is 3.57. The van der Waals surface area contributed by atoms with Crippen LogP contribution in [-0.4, -0.2) is 62.5 Å². The van der Waals surface area contributed by atoms with Crippen molar-refractivity contribution in [3.63, 3.8) is 0 Å². The van der Waals surface area contributed by atoms with Crippen LogP contribution in [0.5, 0.6) is 0 Å². The normalized spacial score (nSPS) is 14.9. The molecule has 0 unspecified atom stereocenters. The average molecular weight is 400 g/mol. The number of hydrogen-bond donors (Lipinski definition) is 1. The number of fused-ring (bicyclic) bond motifs is 1. The molecule has 0 spiro atoms. The van der Waals surface area contributed by atoms with Crippen molar-refractivity contribution < 1.29 is 0 Å². The maximum absolute atomic E-state index is 4.75. The monoisotopic (exact) mass is 400 g/mol. The Kier molecular flexibility index (Phi) is 4.76. The molecule has 0 atom stereocenters. The molecule has 8 nitrogen and oxygen atoms in total. The highest BCUT2D eigenvalue weighted by molar-refractivity contribution is 5.65. The van der Waals surface area contributed by atoms with Crippen LogP contribution in [0.1, 0.15) is 5.56 Å². The third-order valence-corrected chi connectivity index (χ3v) is 5.46. The van der Waals surface area contributed by atoms with Crippen LogP contribution in [0.4, 0.5) is 17.5 Å². The van der Waals surface area contributed by atoms with E-state index >= 15 is 0 Å². The number of nitrogens with zero attached hydrogens (tertiary/aromatic N) is 7. The number of anilines is 3. The lowest BCUT2D eigenvalue weighted by Gasteiger charge is -2.33. The van der Waals surface area contributed by atoms with E-state index in [1.807, 2.05) is 66.4 Å². The predicted molar refractivity (Wildman–Crippen MR) is 118 cm³/mol. The number of pyridine rings is 2. The Morgan fingerprint density at radius 1 is 0.900 bits per heavy atom. The molecule has 1 fully saturated rings. The standard InChI is InChI=1S/C22H24N8/c1-16-13-25-22(27-21(16)18-15-24-20-5-3-4-8-30(18)20)26-17-6-7-19(23-14-17)29-11-9-28(2)10-12-29/h3-8,13-15H,9-12H2,1-2H3,(H,25,26,27). The molecular weight excluding hydrogens is 376 g/mol. The molecule has 30 heavy (non-hydrogen) atoms. The van der Waals surface area contributed by atoms with Crippen molar-refractivity contribution >= 4 is 23.1 Å². The summed E-state index contributed by atoms with van der Waals surface area (Å²) in [6.07, 6.45) is 7.51. The molecule has 1 aliphatic rings. The quantitative estimate of drug-likeness (QED) is 0.564. The predicted octanol–water partition coefficient (Wildman–Crippen LogP) is 2.99. The molecule has 4 aromatic rings. The van der Waals surface area contributed by atoms with Crippen LogP contribution in [0.2, 0.25) is 0 Å². The minimum absolute atomic E-state index is 0.538. The van der Waals surface area contributed by atoms with Gasteiger partial charge in [0, 0.05) is 38.6 Å². The molecule has 0 bridgehead atoms. The van der Waals surface area contributed by atoms with Gasteiger partial charge in [-0.1, -0.05) is 6.07 Å². The Hall–Kier alpha value is -3.52. The van der Waals surface area contributed by atoms with Gasteiger partial charge in [0.1, 0.15) is 11.5 Å². The summed E-state index contributed by atoms with van der Waals surface area (Å²) in [6.45, 7) is 6.13. The molecule has 0 aromatic carbocycles. The van der Waals surface area contributed by atoms with Crippen molar-refractivity contribution in [2.45, 2.75) is 6.92 Å². The van der Waals surface area contributed by atoms with Crippen molar-refractivity contribution in [3.8, 4) is 11.4 Å². The second kappa shape index (κ2) is 7.72. The molecule has 8 heteroatoms. The van der Waals surface area contributed by atoms with Crippen LogP contribution >= 0.6 is 0 Å². The lowest BCUT2D eigenvalue weighted by Crippen LogP contribution is -2.44. The third-order valence-electron chi connectivity index (χ3n) is 5.46. The fraction of sp³-hybridized carbons (Fsp3) is 0.273. The Labute approximate surface area is 175 Å². The van der Waals surface area contributed by atoms with Crippen LogP contribution in [0, 0.1) is 6.92 Å². The second-order valence-electron chi connectivity index (χ2n) is 7.62. The minimum atomic E-state index is 0.538. The van der Waals surface area contributed by atoms with Crippen molar-refractivity contribution in [2.75, 3.05) is 43.4 Å². The zero-order valence-electron chi connectivity index (χ0n) is 17.2. The van der Waals surface area contributed by atoms with E-state index in [4.69, 9.17) is 4.98 Å². The van der Waals surface area contributed by atoms with Gasteiger partial charge in [0.2, 0.25) is 5.95 Å². The smallest absolute Gasteiger partial charge is 0.227 e. The molecule has 5 rings (SSSR count). The lowest BCUT2D eigenvalue weighted by molar-refractivity contribution is 0.312. The summed E-state index contributed by atoms with van der Waals surface area (Å²) in [5.74, 6) is 1.54. The van der Waals surface area contributed by atoms with Crippen molar-refractivity contribution in [3.05, 3.63) is 60.7 Å². The van der Waals surface area contributed by atoms with Crippen LogP contribution in [0.15, 0.2) is 55.1 Å². The van der Waals surface area contributed by atoms with Crippen molar-refractivity contribution in [1.29, 1.82) is 0 Å². The molecule has 5 heterocycles. The topological polar surface area (TPSA) is 74.5 Å². The van der Waals surface area contributed by atoms with Gasteiger partial charge in [-0.05, 0) is 43.8 Å². The molecule has 0 saturated carbocycles. The van der Waals surface area contributed by atoms with Crippen LogP contribution in [0.3, 0.4) is 0 Å². The van der Waals surface area contributed by atoms with Crippen LogP contribution < -0.4 is 10.2 Å². The van der Waals surface area contributed by atoms with Gasteiger partial charge < -0.3 is 15.1 Å². The fourth-order valence-corrected chi connectivity index (χ4v) is 3.68. The summed E-state index contributed by atoms with van der Waals surface area (Å²) >= 11 is 0. The van der Waals surface area contributed by atoms with E-state index in [1.54, 1.807) is 0 Å². The highest BCUT2D eigenvalue weighted by atomic mass is 15.3. The van der Waals surface area contributed by atoms with Crippen LogP contribution in [0.25, 0.3) is 17.0 Å². The zero-order chi connectivity index (χ0) is 20.5. The van der Waals surface area contributed by atoms with Crippen molar-refractivity contribution in [1.82, 2.24) is 29.2 Å². The molecule has 0 aliphatic carbocycles. The summed E-state index contributed by atoms with van der Waals surface area (Å²) in [5, 5.41) is 3.28. The van der Waals surface area contributed by atoms with E-state index in [1.165, 1.54) is 0 Å². The zero-order valence-corrected chi connectivity index (χ0v) is 17.2. The van der Waals surface area contributed by atoms with Crippen molar-refractivity contribution in [2.24, 2.45) is 0 Å². The van der Waals surface area contributed by atoms with E-state index in [0.717, 1.165) is 60.3 Å². The summed E-state index contributed by atoms with van der Waals surface area (Å²) in [6, 6.07) is 10.0. The van der Waals surface area contributed by atoms with Gasteiger partial charge in [-0.2, -0.15) is 0 Å². The van der Waals surface area contributed by atoms with E-state index in [-0.39, 0.29) is 0 Å².